The molecule has 3 nitrogen and oxygen atoms in total. The van der Waals surface area contributed by atoms with E-state index >= 15 is 0 Å². The summed E-state index contributed by atoms with van der Waals surface area (Å²) in [7, 11) is 0. The molecular formula is C14H19BrFN3. The van der Waals surface area contributed by atoms with Crippen LogP contribution in [0.4, 0.5) is 10.1 Å². The van der Waals surface area contributed by atoms with Crippen LogP contribution in [0.15, 0.2) is 16.6 Å². The number of nitrogens with one attached hydrogen (secondary N) is 1. The van der Waals surface area contributed by atoms with E-state index in [1.165, 1.54) is 0 Å². The molecule has 1 aromatic rings. The number of benzene rings is 1. The molecule has 1 N–H and O–H groups in total. The molecule has 0 spiro atoms. The maximum Gasteiger partial charge on any atom is 0.161 e. The molecule has 0 saturated heterocycles. The maximum atomic E-state index is 13.9. The molecule has 0 aliphatic heterocycles. The van der Waals surface area contributed by atoms with Crippen LogP contribution in [0.2, 0.25) is 0 Å². The zero-order valence-corrected chi connectivity index (χ0v) is 12.9. The van der Waals surface area contributed by atoms with E-state index in [1.54, 1.807) is 12.1 Å². The van der Waals surface area contributed by atoms with Crippen LogP contribution in [-0.2, 0) is 0 Å². The fourth-order valence-corrected chi connectivity index (χ4v) is 2.30. The van der Waals surface area contributed by atoms with E-state index in [4.69, 9.17) is 5.26 Å². The summed E-state index contributed by atoms with van der Waals surface area (Å²) in [6.07, 6.45) is 1.12. The lowest BCUT2D eigenvalue weighted by molar-refractivity contribution is 0.300. The number of anilines is 1. The Morgan fingerprint density at radius 2 is 2.11 bits per heavy atom. The summed E-state index contributed by atoms with van der Waals surface area (Å²) in [6.45, 7) is 7.87. The van der Waals surface area contributed by atoms with Crippen molar-refractivity contribution in [1.29, 1.82) is 5.26 Å². The third kappa shape index (κ3) is 4.48. The average molecular weight is 328 g/mol. The van der Waals surface area contributed by atoms with Crippen molar-refractivity contribution in [3.8, 4) is 6.07 Å². The monoisotopic (exact) mass is 327 g/mol. The van der Waals surface area contributed by atoms with Crippen molar-refractivity contribution in [3.63, 3.8) is 0 Å². The molecule has 104 valence electrons. The lowest BCUT2D eigenvalue weighted by Crippen LogP contribution is -2.29. The molecule has 0 aliphatic carbocycles. The van der Waals surface area contributed by atoms with Crippen LogP contribution < -0.4 is 5.32 Å². The van der Waals surface area contributed by atoms with Crippen molar-refractivity contribution in [2.75, 3.05) is 31.5 Å². The fraction of sp³-hybridized carbons (Fsp3) is 0.500. The van der Waals surface area contributed by atoms with E-state index in [0.29, 0.717) is 17.8 Å². The first-order chi connectivity index (χ1) is 9.13. The predicted octanol–water partition coefficient (Wildman–Crippen LogP) is 3.60. The van der Waals surface area contributed by atoms with E-state index in [1.807, 2.05) is 6.07 Å². The molecule has 0 unspecified atom stereocenters. The SMILES string of the molecule is CCCN(CC)CCNc1ccc(C#N)c(Br)c1F. The van der Waals surface area contributed by atoms with Gasteiger partial charge in [-0.2, -0.15) is 5.26 Å². The van der Waals surface area contributed by atoms with Gasteiger partial charge in [0.05, 0.1) is 15.7 Å². The molecule has 0 radical (unpaired) electrons. The highest BCUT2D eigenvalue weighted by molar-refractivity contribution is 9.10. The topological polar surface area (TPSA) is 39.1 Å². The largest absolute Gasteiger partial charge is 0.381 e. The van der Waals surface area contributed by atoms with Gasteiger partial charge in [0.15, 0.2) is 5.82 Å². The highest BCUT2D eigenvalue weighted by Gasteiger charge is 2.10. The Balaban J connectivity index is 2.59. The van der Waals surface area contributed by atoms with Gasteiger partial charge >= 0.3 is 0 Å². The second-order valence-electron chi connectivity index (χ2n) is 4.26. The number of nitriles is 1. The highest BCUT2D eigenvalue weighted by Crippen LogP contribution is 2.26. The molecule has 0 fully saturated rings. The van der Waals surface area contributed by atoms with Crippen molar-refractivity contribution >= 4 is 21.6 Å². The van der Waals surface area contributed by atoms with Crippen LogP contribution in [0.1, 0.15) is 25.8 Å². The van der Waals surface area contributed by atoms with Crippen molar-refractivity contribution in [1.82, 2.24) is 4.90 Å². The van der Waals surface area contributed by atoms with Crippen LogP contribution in [0.5, 0.6) is 0 Å². The molecule has 0 bridgehead atoms. The Bertz CT molecular complexity index is 457. The first-order valence-corrected chi connectivity index (χ1v) is 7.27. The van der Waals surface area contributed by atoms with Gasteiger partial charge in [-0.1, -0.05) is 13.8 Å². The van der Waals surface area contributed by atoms with Crippen LogP contribution in [0.25, 0.3) is 0 Å². The number of likely N-dealkylation sites (N-methyl/N-ethyl adjacent to an activating group) is 1. The van der Waals surface area contributed by atoms with Crippen LogP contribution in [-0.4, -0.2) is 31.1 Å². The Hall–Kier alpha value is -1.12. The summed E-state index contributed by atoms with van der Waals surface area (Å²) in [6, 6.07) is 5.16. The van der Waals surface area contributed by atoms with E-state index in [-0.39, 0.29) is 4.47 Å². The molecule has 0 aromatic heterocycles. The van der Waals surface area contributed by atoms with E-state index in [9.17, 15) is 4.39 Å². The highest BCUT2D eigenvalue weighted by atomic mass is 79.9. The zero-order chi connectivity index (χ0) is 14.3. The number of rotatable bonds is 7. The Morgan fingerprint density at radius 1 is 1.37 bits per heavy atom. The van der Waals surface area contributed by atoms with Gasteiger partial charge in [-0.25, -0.2) is 4.39 Å². The van der Waals surface area contributed by atoms with Crippen LogP contribution in [0, 0.1) is 17.1 Å². The minimum Gasteiger partial charge on any atom is -0.381 e. The van der Waals surface area contributed by atoms with Gasteiger partial charge in [-0.15, -0.1) is 0 Å². The Labute approximate surface area is 122 Å². The first kappa shape index (κ1) is 15.9. The lowest BCUT2D eigenvalue weighted by atomic mass is 10.2. The summed E-state index contributed by atoms with van der Waals surface area (Å²) >= 11 is 3.10. The summed E-state index contributed by atoms with van der Waals surface area (Å²) < 4.78 is 14.2. The Morgan fingerprint density at radius 3 is 2.68 bits per heavy atom. The number of nitrogens with zero attached hydrogens (tertiary/aromatic N) is 2. The summed E-state index contributed by atoms with van der Waals surface area (Å²) in [5.74, 6) is -0.405. The third-order valence-electron chi connectivity index (χ3n) is 2.93. The maximum absolute atomic E-state index is 13.9. The number of halogens is 2. The fourth-order valence-electron chi connectivity index (χ4n) is 1.87. The molecule has 0 saturated carbocycles. The number of hydrogen-bond acceptors (Lipinski definition) is 3. The second kappa shape index (κ2) is 8.13. The molecule has 19 heavy (non-hydrogen) atoms. The van der Waals surface area contributed by atoms with Gasteiger partial charge in [0.25, 0.3) is 0 Å². The van der Waals surface area contributed by atoms with Gasteiger partial charge < -0.3 is 10.2 Å². The molecule has 0 heterocycles. The van der Waals surface area contributed by atoms with Gasteiger partial charge in [0, 0.05) is 13.1 Å². The van der Waals surface area contributed by atoms with Crippen molar-refractivity contribution in [3.05, 3.63) is 28.0 Å². The van der Waals surface area contributed by atoms with Crippen molar-refractivity contribution in [2.24, 2.45) is 0 Å². The standard InChI is InChI=1S/C14H19BrFN3/c1-3-8-19(4-2)9-7-18-12-6-5-11(10-17)13(15)14(12)16/h5-6,18H,3-4,7-9H2,1-2H3. The normalized spacial score (nSPS) is 10.5. The molecular weight excluding hydrogens is 309 g/mol. The second-order valence-corrected chi connectivity index (χ2v) is 5.05. The summed E-state index contributed by atoms with van der Waals surface area (Å²) in [5, 5.41) is 11.9. The quantitative estimate of drug-likeness (QED) is 0.831. The predicted molar refractivity (Wildman–Crippen MR) is 79.7 cm³/mol. The smallest absolute Gasteiger partial charge is 0.161 e. The zero-order valence-electron chi connectivity index (χ0n) is 11.3. The summed E-state index contributed by atoms with van der Waals surface area (Å²) in [4.78, 5) is 2.31. The molecule has 1 rings (SSSR count). The van der Waals surface area contributed by atoms with E-state index in [2.05, 4.69) is 40.0 Å². The molecule has 5 heteroatoms. The van der Waals surface area contributed by atoms with E-state index < -0.39 is 5.82 Å². The van der Waals surface area contributed by atoms with Crippen molar-refractivity contribution < 1.29 is 4.39 Å². The van der Waals surface area contributed by atoms with Gasteiger partial charge in [0.2, 0.25) is 0 Å². The average Bonchev–Trinajstić information content (AvgIpc) is 2.42. The third-order valence-corrected chi connectivity index (χ3v) is 3.71. The van der Waals surface area contributed by atoms with Gasteiger partial charge in [-0.05, 0) is 47.6 Å². The molecule has 0 amide bonds. The van der Waals surface area contributed by atoms with Gasteiger partial charge in [0.1, 0.15) is 6.07 Å². The Kier molecular flexibility index (Phi) is 6.82. The lowest BCUT2D eigenvalue weighted by Gasteiger charge is -2.20. The van der Waals surface area contributed by atoms with Crippen molar-refractivity contribution in [2.45, 2.75) is 20.3 Å². The minimum atomic E-state index is -0.405. The van der Waals surface area contributed by atoms with Gasteiger partial charge in [-0.3, -0.25) is 0 Å². The minimum absolute atomic E-state index is 0.223. The first-order valence-electron chi connectivity index (χ1n) is 6.48. The molecule has 1 aromatic carbocycles. The van der Waals surface area contributed by atoms with Crippen LogP contribution in [0.3, 0.4) is 0 Å². The molecule has 0 aliphatic rings. The molecule has 0 atom stereocenters. The van der Waals surface area contributed by atoms with Crippen LogP contribution >= 0.6 is 15.9 Å². The number of hydrogen-bond donors (Lipinski definition) is 1. The summed E-state index contributed by atoms with van der Waals surface area (Å²) in [5.41, 5.74) is 0.739. The van der Waals surface area contributed by atoms with E-state index in [0.717, 1.165) is 26.1 Å².